The van der Waals surface area contributed by atoms with Crippen molar-refractivity contribution in [2.24, 2.45) is 0 Å². The molecule has 1 aliphatic heterocycles. The number of nitrogens with zero attached hydrogens (tertiary/aromatic N) is 1. The van der Waals surface area contributed by atoms with E-state index in [9.17, 15) is 10.1 Å². The number of nitrogens with one attached hydrogen (secondary N) is 1. The third-order valence-corrected chi connectivity index (χ3v) is 5.89. The number of hydrogen-bond donors (Lipinski definition) is 1. The molecule has 0 saturated heterocycles. The Morgan fingerprint density at radius 1 is 1.27 bits per heavy atom. The van der Waals surface area contributed by atoms with Crippen LogP contribution in [0.3, 0.4) is 0 Å². The number of benzene rings is 2. The summed E-state index contributed by atoms with van der Waals surface area (Å²) in [6.45, 7) is 6.21. The summed E-state index contributed by atoms with van der Waals surface area (Å²) in [7, 11) is 1.59. The first-order valence-corrected chi connectivity index (χ1v) is 10.6. The van der Waals surface area contributed by atoms with Crippen LogP contribution in [0.25, 0.3) is 0 Å². The van der Waals surface area contributed by atoms with Crippen molar-refractivity contribution in [1.82, 2.24) is 5.32 Å². The molecule has 6 heteroatoms. The summed E-state index contributed by atoms with van der Waals surface area (Å²) in [6.07, 6.45) is 0.213. The van der Waals surface area contributed by atoms with Crippen LogP contribution >= 0.6 is 11.8 Å². The van der Waals surface area contributed by atoms with Gasteiger partial charge in [-0.2, -0.15) is 5.26 Å². The second-order valence-corrected chi connectivity index (χ2v) is 8.08. The molecule has 2 aromatic rings. The zero-order chi connectivity index (χ0) is 21.5. The first-order chi connectivity index (χ1) is 14.5. The number of nitriles is 1. The lowest BCUT2D eigenvalue weighted by atomic mass is 9.87. The third kappa shape index (κ3) is 5.25. The highest BCUT2D eigenvalue weighted by molar-refractivity contribution is 8.03. The Labute approximate surface area is 181 Å². The Morgan fingerprint density at radius 3 is 2.70 bits per heavy atom. The summed E-state index contributed by atoms with van der Waals surface area (Å²) in [5.74, 6) is 1.39. The van der Waals surface area contributed by atoms with Crippen LogP contribution in [0, 0.1) is 11.3 Å². The number of hydrogen-bond acceptors (Lipinski definition) is 5. The number of ether oxygens (including phenoxy) is 2. The molecule has 2 aromatic carbocycles. The Balaban J connectivity index is 1.91. The highest BCUT2D eigenvalue weighted by atomic mass is 32.2. The molecule has 3 rings (SSSR count). The molecule has 0 spiro atoms. The molecule has 1 amide bonds. The summed E-state index contributed by atoms with van der Waals surface area (Å²) in [6, 6.07) is 17.7. The van der Waals surface area contributed by atoms with E-state index in [4.69, 9.17) is 9.47 Å². The lowest BCUT2D eigenvalue weighted by molar-refractivity contribution is -0.120. The van der Waals surface area contributed by atoms with Crippen molar-refractivity contribution in [2.45, 2.75) is 25.9 Å². The second-order valence-electron chi connectivity index (χ2n) is 7.09. The SMILES string of the molecule is C=C(C)CSC1=C(C#N)[C@H](c2ccc(OC)c(OCc3ccccc3)c2)CC(=O)N1. The Morgan fingerprint density at radius 2 is 2.03 bits per heavy atom. The summed E-state index contributed by atoms with van der Waals surface area (Å²) < 4.78 is 11.4. The standard InChI is InChI=1S/C24H24N2O3S/c1-16(2)15-30-24-20(13-25)19(12-23(27)26-24)18-9-10-21(28-3)22(11-18)29-14-17-7-5-4-6-8-17/h4-11,19H,1,12,14-15H2,2-3H3,(H,26,27)/t19-/m0/s1. The van der Waals surface area contributed by atoms with Gasteiger partial charge in [0.05, 0.1) is 23.8 Å². The molecule has 0 unspecified atom stereocenters. The van der Waals surface area contributed by atoms with Gasteiger partial charge in [0.1, 0.15) is 6.61 Å². The number of rotatable bonds is 8. The topological polar surface area (TPSA) is 71.3 Å². The fourth-order valence-corrected chi connectivity index (χ4v) is 4.09. The fourth-order valence-electron chi connectivity index (χ4n) is 3.17. The molecular weight excluding hydrogens is 396 g/mol. The van der Waals surface area contributed by atoms with Gasteiger partial charge < -0.3 is 14.8 Å². The van der Waals surface area contributed by atoms with Gasteiger partial charge in [-0.25, -0.2) is 0 Å². The number of carbonyl (C=O) groups excluding carboxylic acids is 1. The van der Waals surface area contributed by atoms with Gasteiger partial charge in [0, 0.05) is 18.1 Å². The molecular formula is C24H24N2O3S. The molecule has 154 valence electrons. The Hall–Kier alpha value is -3.17. The van der Waals surface area contributed by atoms with Gasteiger partial charge in [-0.3, -0.25) is 4.79 Å². The smallest absolute Gasteiger partial charge is 0.225 e. The van der Waals surface area contributed by atoms with Crippen LogP contribution in [-0.4, -0.2) is 18.8 Å². The van der Waals surface area contributed by atoms with E-state index in [0.29, 0.717) is 34.5 Å². The van der Waals surface area contributed by atoms with Crippen LogP contribution in [0.5, 0.6) is 11.5 Å². The van der Waals surface area contributed by atoms with Crippen molar-refractivity contribution in [3.05, 3.63) is 82.4 Å². The minimum Gasteiger partial charge on any atom is -0.493 e. The molecule has 30 heavy (non-hydrogen) atoms. The number of allylic oxidation sites excluding steroid dienone is 1. The molecule has 5 nitrogen and oxygen atoms in total. The average molecular weight is 421 g/mol. The van der Waals surface area contributed by atoms with Crippen molar-refractivity contribution in [2.75, 3.05) is 12.9 Å². The molecule has 0 aliphatic carbocycles. The predicted octanol–water partition coefficient (Wildman–Crippen LogP) is 4.92. The van der Waals surface area contributed by atoms with Gasteiger partial charge in [0.15, 0.2) is 11.5 Å². The van der Waals surface area contributed by atoms with E-state index >= 15 is 0 Å². The second kappa shape index (κ2) is 10.0. The van der Waals surface area contributed by atoms with Gasteiger partial charge >= 0.3 is 0 Å². The monoisotopic (exact) mass is 420 g/mol. The van der Waals surface area contributed by atoms with E-state index in [1.165, 1.54) is 11.8 Å². The van der Waals surface area contributed by atoms with E-state index in [2.05, 4.69) is 18.0 Å². The van der Waals surface area contributed by atoms with Crippen LogP contribution in [0.15, 0.2) is 71.3 Å². The van der Waals surface area contributed by atoms with Crippen molar-refractivity contribution in [3.63, 3.8) is 0 Å². The van der Waals surface area contributed by atoms with Crippen LogP contribution in [-0.2, 0) is 11.4 Å². The van der Waals surface area contributed by atoms with E-state index in [0.717, 1.165) is 16.7 Å². The van der Waals surface area contributed by atoms with Gasteiger partial charge in [0.2, 0.25) is 5.91 Å². The average Bonchev–Trinajstić information content (AvgIpc) is 2.76. The number of carbonyl (C=O) groups is 1. The summed E-state index contributed by atoms with van der Waals surface area (Å²) in [4.78, 5) is 12.3. The molecule has 0 bridgehead atoms. The molecule has 1 N–H and O–H groups in total. The van der Waals surface area contributed by atoms with Crippen molar-refractivity contribution in [1.29, 1.82) is 5.26 Å². The highest BCUT2D eigenvalue weighted by Gasteiger charge is 2.30. The predicted molar refractivity (Wildman–Crippen MR) is 119 cm³/mol. The van der Waals surface area contributed by atoms with Crippen LogP contribution in [0.1, 0.15) is 30.4 Å². The zero-order valence-corrected chi connectivity index (χ0v) is 17.9. The quantitative estimate of drug-likeness (QED) is 0.614. The lowest BCUT2D eigenvalue weighted by Crippen LogP contribution is -2.31. The number of methoxy groups -OCH3 is 1. The molecule has 0 fully saturated rings. The maximum absolute atomic E-state index is 12.3. The number of amides is 1. The molecule has 0 radical (unpaired) electrons. The van der Waals surface area contributed by atoms with Crippen molar-refractivity contribution >= 4 is 17.7 Å². The summed E-state index contributed by atoms with van der Waals surface area (Å²) >= 11 is 1.43. The van der Waals surface area contributed by atoms with E-state index < -0.39 is 0 Å². The van der Waals surface area contributed by atoms with E-state index in [1.807, 2.05) is 55.5 Å². The van der Waals surface area contributed by atoms with Gasteiger partial charge in [-0.05, 0) is 30.2 Å². The molecule has 1 heterocycles. The molecule has 0 saturated carbocycles. The van der Waals surface area contributed by atoms with Crippen LogP contribution in [0.2, 0.25) is 0 Å². The minimum atomic E-state index is -0.332. The maximum atomic E-state index is 12.3. The lowest BCUT2D eigenvalue weighted by Gasteiger charge is -2.25. The maximum Gasteiger partial charge on any atom is 0.225 e. The van der Waals surface area contributed by atoms with Gasteiger partial charge in [-0.1, -0.05) is 48.6 Å². The van der Waals surface area contributed by atoms with Crippen LogP contribution in [0.4, 0.5) is 0 Å². The minimum absolute atomic E-state index is 0.106. The first kappa shape index (κ1) is 21.5. The highest BCUT2D eigenvalue weighted by Crippen LogP contribution is 2.39. The van der Waals surface area contributed by atoms with Crippen LogP contribution < -0.4 is 14.8 Å². The van der Waals surface area contributed by atoms with E-state index in [1.54, 1.807) is 7.11 Å². The fraction of sp³-hybridized carbons (Fsp3) is 0.250. The normalized spacial score (nSPS) is 15.9. The van der Waals surface area contributed by atoms with Crippen molar-refractivity contribution in [3.8, 4) is 17.6 Å². The first-order valence-electron chi connectivity index (χ1n) is 9.57. The zero-order valence-electron chi connectivity index (χ0n) is 17.1. The molecule has 0 aromatic heterocycles. The molecule has 1 aliphatic rings. The van der Waals surface area contributed by atoms with Gasteiger partial charge in [0.25, 0.3) is 0 Å². The number of thioether (sulfide) groups is 1. The Bertz CT molecular complexity index is 1010. The molecule has 1 atom stereocenters. The largest absolute Gasteiger partial charge is 0.493 e. The Kier molecular flexibility index (Phi) is 7.21. The summed E-state index contributed by atoms with van der Waals surface area (Å²) in [5.41, 5.74) is 3.42. The van der Waals surface area contributed by atoms with Crippen molar-refractivity contribution < 1.29 is 14.3 Å². The van der Waals surface area contributed by atoms with Gasteiger partial charge in [-0.15, -0.1) is 11.8 Å². The van der Waals surface area contributed by atoms with E-state index in [-0.39, 0.29) is 18.2 Å². The summed E-state index contributed by atoms with van der Waals surface area (Å²) in [5, 5.41) is 13.3. The third-order valence-electron chi connectivity index (χ3n) is 4.65.